The van der Waals surface area contributed by atoms with Gasteiger partial charge in [-0.2, -0.15) is 0 Å². The fourth-order valence-corrected chi connectivity index (χ4v) is 1.66. The van der Waals surface area contributed by atoms with Crippen LogP contribution in [0.15, 0.2) is 15.5 Å². The molecular weight excluding hydrogens is 238 g/mol. The molecule has 1 amide bonds. The summed E-state index contributed by atoms with van der Waals surface area (Å²) < 4.78 is 5.25. The van der Waals surface area contributed by atoms with E-state index in [2.05, 4.69) is 15.3 Å². The smallest absolute Gasteiger partial charge is 0.262 e. The number of nitrogens with one attached hydrogen (secondary N) is 2. The van der Waals surface area contributed by atoms with Crippen LogP contribution >= 0.6 is 0 Å². The molecule has 0 radical (unpaired) electrons. The standard InChI is InChI=1S/C11H13N3O4/c1-5(15)3-12-9(16)7-6(2)18-11-8(7)10(17)13-4-14-11/h4-5,15H,3H2,1-2H3,(H,12,16)(H,13,14,17). The third-order valence-electron chi connectivity index (χ3n) is 2.46. The van der Waals surface area contributed by atoms with Gasteiger partial charge in [0.1, 0.15) is 11.1 Å². The Morgan fingerprint density at radius 3 is 3.06 bits per heavy atom. The first-order chi connectivity index (χ1) is 8.50. The van der Waals surface area contributed by atoms with Gasteiger partial charge < -0.3 is 19.8 Å². The molecule has 2 aromatic rings. The highest BCUT2D eigenvalue weighted by Crippen LogP contribution is 2.19. The minimum atomic E-state index is -0.663. The zero-order valence-corrected chi connectivity index (χ0v) is 9.98. The molecule has 0 aromatic carbocycles. The van der Waals surface area contributed by atoms with Crippen molar-refractivity contribution in [2.45, 2.75) is 20.0 Å². The van der Waals surface area contributed by atoms with Gasteiger partial charge in [0.2, 0.25) is 5.71 Å². The molecule has 3 N–H and O–H groups in total. The number of amides is 1. The largest absolute Gasteiger partial charge is 0.442 e. The summed E-state index contributed by atoms with van der Waals surface area (Å²) in [6, 6.07) is 0. The third-order valence-corrected chi connectivity index (χ3v) is 2.46. The van der Waals surface area contributed by atoms with E-state index in [0.717, 1.165) is 0 Å². The highest BCUT2D eigenvalue weighted by Gasteiger charge is 2.21. The summed E-state index contributed by atoms with van der Waals surface area (Å²) in [6.07, 6.45) is 0.550. The molecule has 2 aromatic heterocycles. The Kier molecular flexibility index (Phi) is 3.15. The number of nitrogens with zero attached hydrogens (tertiary/aromatic N) is 1. The number of carbonyl (C=O) groups excluding carboxylic acids is 1. The van der Waals surface area contributed by atoms with Crippen LogP contribution in [-0.2, 0) is 0 Å². The Balaban J connectivity index is 2.47. The van der Waals surface area contributed by atoms with Crippen LogP contribution in [0.2, 0.25) is 0 Å². The molecule has 2 rings (SSSR count). The van der Waals surface area contributed by atoms with Gasteiger partial charge in [-0.1, -0.05) is 0 Å². The molecule has 7 heteroatoms. The molecule has 2 heterocycles. The first-order valence-corrected chi connectivity index (χ1v) is 5.43. The first kappa shape index (κ1) is 12.3. The van der Waals surface area contributed by atoms with Crippen molar-refractivity contribution >= 4 is 17.0 Å². The van der Waals surface area contributed by atoms with Gasteiger partial charge >= 0.3 is 0 Å². The van der Waals surface area contributed by atoms with E-state index < -0.39 is 17.6 Å². The highest BCUT2D eigenvalue weighted by atomic mass is 16.3. The molecule has 7 nitrogen and oxygen atoms in total. The number of aryl methyl sites for hydroxylation is 1. The van der Waals surface area contributed by atoms with Crippen LogP contribution in [0.5, 0.6) is 0 Å². The van der Waals surface area contributed by atoms with Crippen LogP contribution in [0.25, 0.3) is 11.1 Å². The summed E-state index contributed by atoms with van der Waals surface area (Å²) in [4.78, 5) is 29.8. The van der Waals surface area contributed by atoms with E-state index in [1.165, 1.54) is 6.33 Å². The molecule has 0 aliphatic rings. The monoisotopic (exact) mass is 251 g/mol. The molecule has 0 saturated carbocycles. The number of hydrogen-bond acceptors (Lipinski definition) is 5. The van der Waals surface area contributed by atoms with E-state index >= 15 is 0 Å². The fourth-order valence-electron chi connectivity index (χ4n) is 1.66. The molecule has 1 atom stereocenters. The molecule has 0 fully saturated rings. The van der Waals surface area contributed by atoms with Gasteiger partial charge in [-0.25, -0.2) is 4.98 Å². The lowest BCUT2D eigenvalue weighted by molar-refractivity contribution is 0.0924. The molecule has 96 valence electrons. The Morgan fingerprint density at radius 2 is 2.39 bits per heavy atom. The van der Waals surface area contributed by atoms with Crippen LogP contribution < -0.4 is 10.9 Å². The summed E-state index contributed by atoms with van der Waals surface area (Å²) in [5, 5.41) is 11.8. The molecule has 18 heavy (non-hydrogen) atoms. The number of fused-ring (bicyclic) bond motifs is 1. The van der Waals surface area contributed by atoms with Crippen molar-refractivity contribution < 1.29 is 14.3 Å². The number of hydrogen-bond donors (Lipinski definition) is 3. The van der Waals surface area contributed by atoms with Crippen molar-refractivity contribution in [2.75, 3.05) is 6.54 Å². The summed E-state index contributed by atoms with van der Waals surface area (Å²) in [6.45, 7) is 3.23. The lowest BCUT2D eigenvalue weighted by Crippen LogP contribution is -2.31. The topological polar surface area (TPSA) is 108 Å². The average molecular weight is 251 g/mol. The SMILES string of the molecule is Cc1oc2nc[nH]c(=O)c2c1C(=O)NCC(C)O. The summed E-state index contributed by atoms with van der Waals surface area (Å²) in [5.41, 5.74) is -0.155. The average Bonchev–Trinajstić information content (AvgIpc) is 2.63. The van der Waals surface area contributed by atoms with Crippen molar-refractivity contribution in [1.82, 2.24) is 15.3 Å². The van der Waals surface area contributed by atoms with E-state index in [-0.39, 0.29) is 23.2 Å². The molecule has 0 bridgehead atoms. The number of aromatic amines is 1. The van der Waals surface area contributed by atoms with E-state index in [1.807, 2.05) is 0 Å². The molecule has 0 aliphatic heterocycles. The maximum absolute atomic E-state index is 11.9. The lowest BCUT2D eigenvalue weighted by atomic mass is 10.2. The second kappa shape index (κ2) is 4.61. The van der Waals surface area contributed by atoms with Crippen molar-refractivity contribution in [3.8, 4) is 0 Å². The van der Waals surface area contributed by atoms with E-state index in [1.54, 1.807) is 13.8 Å². The van der Waals surface area contributed by atoms with Gasteiger partial charge in [0.25, 0.3) is 11.5 Å². The van der Waals surface area contributed by atoms with Gasteiger partial charge in [-0.05, 0) is 13.8 Å². The molecule has 0 spiro atoms. The Hall–Kier alpha value is -2.15. The number of aliphatic hydroxyl groups excluding tert-OH is 1. The number of rotatable bonds is 3. The Morgan fingerprint density at radius 1 is 1.67 bits per heavy atom. The van der Waals surface area contributed by atoms with Gasteiger partial charge in [-0.15, -0.1) is 0 Å². The normalized spacial score (nSPS) is 12.6. The number of aromatic nitrogens is 2. The van der Waals surface area contributed by atoms with Crippen LogP contribution in [0.4, 0.5) is 0 Å². The zero-order chi connectivity index (χ0) is 13.3. The second-order valence-corrected chi connectivity index (χ2v) is 4.00. The van der Waals surface area contributed by atoms with Gasteiger partial charge in [0.15, 0.2) is 0 Å². The predicted molar refractivity (Wildman–Crippen MR) is 63.4 cm³/mol. The van der Waals surface area contributed by atoms with Crippen LogP contribution in [-0.4, -0.2) is 33.6 Å². The van der Waals surface area contributed by atoms with Crippen LogP contribution in [0.3, 0.4) is 0 Å². The maximum Gasteiger partial charge on any atom is 0.262 e. The zero-order valence-electron chi connectivity index (χ0n) is 9.98. The Labute approximate surface area is 102 Å². The van der Waals surface area contributed by atoms with E-state index in [0.29, 0.717) is 5.76 Å². The van der Waals surface area contributed by atoms with Gasteiger partial charge in [-0.3, -0.25) is 9.59 Å². The summed E-state index contributed by atoms with van der Waals surface area (Å²) >= 11 is 0. The number of aliphatic hydroxyl groups is 1. The third kappa shape index (κ3) is 2.12. The van der Waals surface area contributed by atoms with Crippen molar-refractivity contribution in [1.29, 1.82) is 0 Å². The van der Waals surface area contributed by atoms with Gasteiger partial charge in [0, 0.05) is 6.54 Å². The minimum Gasteiger partial charge on any atom is -0.442 e. The second-order valence-electron chi connectivity index (χ2n) is 4.00. The number of furan rings is 1. The molecule has 1 unspecified atom stereocenters. The molecular formula is C11H13N3O4. The highest BCUT2D eigenvalue weighted by molar-refractivity contribution is 6.06. The lowest BCUT2D eigenvalue weighted by Gasteiger charge is -2.06. The van der Waals surface area contributed by atoms with Gasteiger partial charge in [0.05, 0.1) is 18.0 Å². The summed E-state index contributed by atoms with van der Waals surface area (Å²) in [7, 11) is 0. The predicted octanol–water partition coefficient (Wildman–Crippen LogP) is -0.0649. The summed E-state index contributed by atoms with van der Waals surface area (Å²) in [5.74, 6) is -0.150. The molecule has 0 saturated heterocycles. The van der Waals surface area contributed by atoms with Crippen molar-refractivity contribution in [2.24, 2.45) is 0 Å². The maximum atomic E-state index is 11.9. The van der Waals surface area contributed by atoms with E-state index in [4.69, 9.17) is 9.52 Å². The first-order valence-electron chi connectivity index (χ1n) is 5.43. The number of carbonyl (C=O) groups is 1. The van der Waals surface area contributed by atoms with Crippen molar-refractivity contribution in [3.63, 3.8) is 0 Å². The van der Waals surface area contributed by atoms with E-state index in [9.17, 15) is 9.59 Å². The van der Waals surface area contributed by atoms with Crippen molar-refractivity contribution in [3.05, 3.63) is 28.0 Å². The Bertz CT molecular complexity index is 641. The minimum absolute atomic E-state index is 0.100. The quantitative estimate of drug-likeness (QED) is 0.708. The number of H-pyrrole nitrogens is 1. The van der Waals surface area contributed by atoms with Crippen LogP contribution in [0.1, 0.15) is 23.0 Å². The van der Waals surface area contributed by atoms with Crippen LogP contribution in [0, 0.1) is 6.92 Å². The molecule has 0 aliphatic carbocycles. The fraction of sp³-hybridized carbons (Fsp3) is 0.364.